The Morgan fingerprint density at radius 1 is 0.697 bits per heavy atom. The van der Waals surface area contributed by atoms with E-state index in [1.54, 1.807) is 0 Å². The van der Waals surface area contributed by atoms with E-state index in [0.717, 1.165) is 0 Å². The van der Waals surface area contributed by atoms with Crippen LogP contribution in [0.3, 0.4) is 0 Å². The SMILES string of the molecule is C=CCC(S)C(=O)O.C=CCC(S)C(=O)O.C=CCC(S)C(=O)O.CCCCCCC[CH2][SnH]. The summed E-state index contributed by atoms with van der Waals surface area (Å²) >= 11 is 12.7. The van der Waals surface area contributed by atoms with Crippen LogP contribution in [0.4, 0.5) is 0 Å². The standard InChI is InChI=1S/C8H17.3C5H8O2S.Sn.H/c1-3-5-7-8-6-4-2;3*1-2-3-4(8)5(6)7;;/h1,3-8H2,2H3;3*2,4,8H,1,3H2,(H,6,7);;. The third kappa shape index (κ3) is 39.0. The predicted molar refractivity (Wildman–Crippen MR) is 151 cm³/mol. The molecule has 33 heavy (non-hydrogen) atoms. The fraction of sp³-hybridized carbons (Fsp3) is 0.609. The zero-order chi connectivity index (χ0) is 26.7. The van der Waals surface area contributed by atoms with Crippen LogP contribution in [-0.4, -0.2) is 71.5 Å². The molecule has 0 aromatic heterocycles. The van der Waals surface area contributed by atoms with Gasteiger partial charge in [0.15, 0.2) is 0 Å². The van der Waals surface area contributed by atoms with Crippen molar-refractivity contribution in [1.82, 2.24) is 0 Å². The van der Waals surface area contributed by atoms with Crippen LogP contribution in [0.5, 0.6) is 0 Å². The second-order valence-electron chi connectivity index (χ2n) is 6.69. The van der Waals surface area contributed by atoms with Gasteiger partial charge in [-0.3, -0.25) is 14.4 Å². The van der Waals surface area contributed by atoms with Gasteiger partial charge in [0.2, 0.25) is 0 Å². The summed E-state index contributed by atoms with van der Waals surface area (Å²) in [5.74, 6) is -2.69. The second kappa shape index (κ2) is 31.5. The average molecular weight is 629 g/mol. The summed E-state index contributed by atoms with van der Waals surface area (Å²) in [4.78, 5) is 29.9. The van der Waals surface area contributed by atoms with Gasteiger partial charge < -0.3 is 15.3 Å². The Kier molecular flexibility index (Phi) is 37.9. The zero-order valence-electron chi connectivity index (χ0n) is 19.6. The molecule has 3 N–H and O–H groups in total. The Hall–Kier alpha value is -0.521. The summed E-state index contributed by atoms with van der Waals surface area (Å²) in [5, 5.41) is 22.8. The van der Waals surface area contributed by atoms with Gasteiger partial charge in [-0.25, -0.2) is 0 Å². The van der Waals surface area contributed by atoms with E-state index in [0.29, 0.717) is 19.3 Å². The van der Waals surface area contributed by atoms with Crippen molar-refractivity contribution in [2.24, 2.45) is 0 Å². The number of thiol groups is 3. The zero-order valence-corrected chi connectivity index (χ0v) is 25.6. The molecule has 0 saturated carbocycles. The number of hydrogen-bond acceptors (Lipinski definition) is 6. The average Bonchev–Trinajstić information content (AvgIpc) is 2.75. The van der Waals surface area contributed by atoms with Gasteiger partial charge in [0.1, 0.15) is 15.7 Å². The fourth-order valence-electron chi connectivity index (χ4n) is 1.70. The molecule has 0 aliphatic rings. The van der Waals surface area contributed by atoms with Crippen LogP contribution in [0, 0.1) is 0 Å². The second-order valence-corrected chi connectivity index (χ2v) is 10.2. The number of rotatable bonds is 15. The molecule has 0 amide bonds. The van der Waals surface area contributed by atoms with Crippen LogP contribution in [0.25, 0.3) is 0 Å². The number of carbonyl (C=O) groups is 3. The van der Waals surface area contributed by atoms with Crippen molar-refractivity contribution in [2.75, 3.05) is 0 Å². The molecule has 0 fully saturated rings. The molecule has 0 aromatic rings. The third-order valence-electron chi connectivity index (χ3n) is 3.58. The third-order valence-corrected chi connectivity index (χ3v) is 6.04. The molecule has 10 heteroatoms. The predicted octanol–water partition coefficient (Wildman–Crippen LogP) is 5.50. The van der Waals surface area contributed by atoms with E-state index in [9.17, 15) is 14.4 Å². The summed E-state index contributed by atoms with van der Waals surface area (Å²) in [6, 6.07) is 0. The number of allylic oxidation sites excluding steroid dienone is 3. The van der Waals surface area contributed by atoms with Gasteiger partial charge in [-0.2, -0.15) is 37.9 Å². The van der Waals surface area contributed by atoms with Crippen LogP contribution in [-0.2, 0) is 14.4 Å². The minimum atomic E-state index is -0.895. The molecule has 6 nitrogen and oxygen atoms in total. The van der Waals surface area contributed by atoms with Gasteiger partial charge in [-0.05, 0) is 19.3 Å². The molecule has 0 saturated heterocycles. The summed E-state index contributed by atoms with van der Waals surface area (Å²) in [5.41, 5.74) is 0. The summed E-state index contributed by atoms with van der Waals surface area (Å²) in [6.45, 7) is 12.4. The summed E-state index contributed by atoms with van der Waals surface area (Å²) in [7, 11) is 0. The van der Waals surface area contributed by atoms with Crippen molar-refractivity contribution < 1.29 is 29.7 Å². The van der Waals surface area contributed by atoms with Gasteiger partial charge in [0, 0.05) is 0 Å². The van der Waals surface area contributed by atoms with Crippen molar-refractivity contribution in [3.05, 3.63) is 38.0 Å². The van der Waals surface area contributed by atoms with Crippen LogP contribution in [0.1, 0.15) is 64.7 Å². The van der Waals surface area contributed by atoms with Crippen molar-refractivity contribution in [3.8, 4) is 0 Å². The van der Waals surface area contributed by atoms with Crippen LogP contribution < -0.4 is 0 Å². The first kappa shape index (κ1) is 39.7. The van der Waals surface area contributed by atoms with Crippen LogP contribution >= 0.6 is 37.9 Å². The van der Waals surface area contributed by atoms with Crippen LogP contribution in [0.2, 0.25) is 4.44 Å². The summed E-state index contributed by atoms with van der Waals surface area (Å²) < 4.78 is 1.50. The molecule has 0 heterocycles. The molecular formula is C23H42O6S3Sn. The first-order valence-corrected chi connectivity index (χ1v) is 14.6. The molecule has 0 aliphatic heterocycles. The number of carboxylic acid groups (broad SMARTS) is 3. The Labute approximate surface area is 229 Å². The van der Waals surface area contributed by atoms with Crippen molar-refractivity contribution in [1.29, 1.82) is 0 Å². The number of aliphatic carboxylic acids is 3. The monoisotopic (exact) mass is 630 g/mol. The van der Waals surface area contributed by atoms with Crippen molar-refractivity contribution in [2.45, 2.75) is 84.9 Å². The molecular weight excluding hydrogens is 587 g/mol. The van der Waals surface area contributed by atoms with E-state index < -0.39 is 33.7 Å². The van der Waals surface area contributed by atoms with E-state index in [-0.39, 0.29) is 0 Å². The fourth-order valence-corrected chi connectivity index (χ4v) is 2.97. The molecule has 0 aliphatic carbocycles. The van der Waals surface area contributed by atoms with Gasteiger partial charge in [0.05, 0.1) is 0 Å². The minimum absolute atomic E-state index is 0.415. The molecule has 0 rings (SSSR count). The number of carboxylic acids is 3. The van der Waals surface area contributed by atoms with Gasteiger partial charge >= 0.3 is 90.3 Å². The maximum atomic E-state index is 9.97. The topological polar surface area (TPSA) is 112 Å². The first-order chi connectivity index (χ1) is 15.5. The Morgan fingerprint density at radius 3 is 1.15 bits per heavy atom. The van der Waals surface area contributed by atoms with Crippen molar-refractivity contribution >= 4 is 78.3 Å². The maximum absolute atomic E-state index is 9.97. The van der Waals surface area contributed by atoms with E-state index in [1.165, 1.54) is 83.7 Å². The summed E-state index contributed by atoms with van der Waals surface area (Å²) in [6.07, 6.45) is 14.6. The molecule has 0 aromatic carbocycles. The molecule has 3 unspecified atom stereocenters. The van der Waals surface area contributed by atoms with Gasteiger partial charge in [-0.15, -0.1) is 19.7 Å². The van der Waals surface area contributed by atoms with Crippen LogP contribution in [0.15, 0.2) is 38.0 Å². The normalized spacial score (nSPS) is 11.9. The van der Waals surface area contributed by atoms with E-state index in [2.05, 4.69) is 64.5 Å². The Balaban J connectivity index is -0.000000170. The number of unbranched alkanes of at least 4 members (excludes halogenated alkanes) is 5. The van der Waals surface area contributed by atoms with E-state index in [4.69, 9.17) is 15.3 Å². The van der Waals surface area contributed by atoms with E-state index in [1.807, 2.05) is 0 Å². The quantitative estimate of drug-likeness (QED) is 0.0618. The first-order valence-electron chi connectivity index (χ1n) is 10.7. The molecule has 0 bridgehead atoms. The van der Waals surface area contributed by atoms with Crippen molar-refractivity contribution in [3.63, 3.8) is 0 Å². The van der Waals surface area contributed by atoms with Gasteiger partial charge in [0.25, 0.3) is 0 Å². The Bertz CT molecular complexity index is 465. The number of hydrogen-bond donors (Lipinski definition) is 6. The van der Waals surface area contributed by atoms with Gasteiger partial charge in [-0.1, -0.05) is 18.2 Å². The molecule has 2 radical (unpaired) electrons. The molecule has 192 valence electrons. The Morgan fingerprint density at radius 2 is 0.970 bits per heavy atom. The van der Waals surface area contributed by atoms with E-state index >= 15 is 0 Å². The molecule has 0 spiro atoms. The molecule has 3 atom stereocenters.